The van der Waals surface area contributed by atoms with E-state index >= 15 is 0 Å². The molecule has 1 saturated carbocycles. The lowest BCUT2D eigenvalue weighted by atomic mass is 10.2. The van der Waals surface area contributed by atoms with E-state index < -0.39 is 0 Å². The van der Waals surface area contributed by atoms with E-state index in [1.165, 1.54) is 6.20 Å². The van der Waals surface area contributed by atoms with Crippen LogP contribution in [0.15, 0.2) is 48.8 Å². The van der Waals surface area contributed by atoms with Gasteiger partial charge < -0.3 is 10.6 Å². The maximum absolute atomic E-state index is 12.1. The molecule has 0 radical (unpaired) electrons. The van der Waals surface area contributed by atoms with E-state index in [9.17, 15) is 9.59 Å². The molecule has 1 aromatic carbocycles. The summed E-state index contributed by atoms with van der Waals surface area (Å²) < 4.78 is 0. The van der Waals surface area contributed by atoms with Gasteiger partial charge in [-0.05, 0) is 37.1 Å². The van der Waals surface area contributed by atoms with Crippen molar-refractivity contribution in [3.8, 4) is 0 Å². The van der Waals surface area contributed by atoms with Crippen molar-refractivity contribution in [2.75, 3.05) is 10.6 Å². The molecule has 0 unspecified atom stereocenters. The number of hydrogen-bond acceptors (Lipinski definition) is 3. The highest BCUT2D eigenvalue weighted by atomic mass is 16.2. The summed E-state index contributed by atoms with van der Waals surface area (Å²) in [5, 5.41) is 5.66. The van der Waals surface area contributed by atoms with Gasteiger partial charge in [-0.2, -0.15) is 0 Å². The van der Waals surface area contributed by atoms with Gasteiger partial charge in [0.1, 0.15) is 0 Å². The number of pyridine rings is 1. The van der Waals surface area contributed by atoms with Gasteiger partial charge in [-0.25, -0.2) is 0 Å². The van der Waals surface area contributed by atoms with Gasteiger partial charge in [0.05, 0.1) is 16.9 Å². The summed E-state index contributed by atoms with van der Waals surface area (Å²) in [6, 6.07) is 10.6. The van der Waals surface area contributed by atoms with Crippen LogP contribution >= 0.6 is 0 Å². The molecule has 0 bridgehead atoms. The summed E-state index contributed by atoms with van der Waals surface area (Å²) in [5.74, 6) is -0.124. The van der Waals surface area contributed by atoms with Gasteiger partial charge in [0.25, 0.3) is 5.91 Å². The number of anilines is 2. The molecule has 2 amide bonds. The topological polar surface area (TPSA) is 71.1 Å². The van der Waals surface area contributed by atoms with Crippen molar-refractivity contribution in [3.05, 3.63) is 54.4 Å². The first kappa shape index (κ1) is 13.3. The monoisotopic (exact) mass is 281 g/mol. The highest BCUT2D eigenvalue weighted by molar-refractivity contribution is 6.07. The van der Waals surface area contributed by atoms with Crippen molar-refractivity contribution in [3.63, 3.8) is 0 Å². The van der Waals surface area contributed by atoms with Crippen LogP contribution in [0.2, 0.25) is 0 Å². The Morgan fingerprint density at radius 3 is 2.33 bits per heavy atom. The fraction of sp³-hybridized carbons (Fsp3) is 0.188. The number of para-hydroxylation sites is 2. The van der Waals surface area contributed by atoms with Gasteiger partial charge >= 0.3 is 0 Å². The van der Waals surface area contributed by atoms with Crippen LogP contribution in [0.25, 0.3) is 0 Å². The van der Waals surface area contributed by atoms with E-state index in [0.717, 1.165) is 12.8 Å². The highest BCUT2D eigenvalue weighted by Gasteiger charge is 2.29. The first-order valence-electron chi connectivity index (χ1n) is 6.85. The Kier molecular flexibility index (Phi) is 3.64. The molecule has 106 valence electrons. The quantitative estimate of drug-likeness (QED) is 0.905. The molecule has 5 nitrogen and oxygen atoms in total. The third-order valence-corrected chi connectivity index (χ3v) is 3.31. The Labute approximate surface area is 122 Å². The zero-order valence-corrected chi connectivity index (χ0v) is 11.4. The van der Waals surface area contributed by atoms with Crippen molar-refractivity contribution < 1.29 is 9.59 Å². The van der Waals surface area contributed by atoms with E-state index in [0.29, 0.717) is 16.9 Å². The Bertz CT molecular complexity index is 666. The number of nitrogens with zero attached hydrogens (tertiary/aromatic N) is 1. The minimum absolute atomic E-state index is 0.0121. The van der Waals surface area contributed by atoms with Crippen molar-refractivity contribution in [2.45, 2.75) is 12.8 Å². The largest absolute Gasteiger partial charge is 0.324 e. The number of amides is 2. The fourth-order valence-corrected chi connectivity index (χ4v) is 1.97. The van der Waals surface area contributed by atoms with E-state index in [2.05, 4.69) is 15.6 Å². The standard InChI is InChI=1S/C16H15N3O2/c20-15(11-7-8-11)18-13-5-1-2-6-14(13)19-16(21)12-4-3-9-17-10-12/h1-6,9-11H,7-8H2,(H,18,20)(H,19,21). The van der Waals surface area contributed by atoms with Gasteiger partial charge in [-0.3, -0.25) is 14.6 Å². The second-order valence-corrected chi connectivity index (χ2v) is 5.00. The SMILES string of the molecule is O=C(Nc1ccccc1NC(=O)C1CC1)c1cccnc1. The number of aromatic nitrogens is 1. The minimum atomic E-state index is -0.253. The van der Waals surface area contributed by atoms with Gasteiger partial charge in [0.2, 0.25) is 5.91 Å². The third kappa shape index (κ3) is 3.25. The molecular formula is C16H15N3O2. The van der Waals surface area contributed by atoms with Crippen LogP contribution in [0.4, 0.5) is 11.4 Å². The average Bonchev–Trinajstić information content (AvgIpc) is 3.35. The molecule has 1 fully saturated rings. The van der Waals surface area contributed by atoms with Crippen LogP contribution in [0.1, 0.15) is 23.2 Å². The third-order valence-electron chi connectivity index (χ3n) is 3.31. The average molecular weight is 281 g/mol. The highest BCUT2D eigenvalue weighted by Crippen LogP contribution is 2.31. The van der Waals surface area contributed by atoms with Crippen molar-refractivity contribution in [1.82, 2.24) is 4.98 Å². The molecule has 1 heterocycles. The Morgan fingerprint density at radius 1 is 1.00 bits per heavy atom. The smallest absolute Gasteiger partial charge is 0.257 e. The maximum Gasteiger partial charge on any atom is 0.257 e. The number of benzene rings is 1. The lowest BCUT2D eigenvalue weighted by molar-refractivity contribution is -0.117. The number of rotatable bonds is 4. The fourth-order valence-electron chi connectivity index (χ4n) is 1.97. The van der Waals surface area contributed by atoms with Crippen LogP contribution in [0, 0.1) is 5.92 Å². The predicted molar refractivity (Wildman–Crippen MR) is 80.0 cm³/mol. The molecular weight excluding hydrogens is 266 g/mol. The Balaban J connectivity index is 1.75. The Hall–Kier alpha value is -2.69. The summed E-state index contributed by atoms with van der Waals surface area (Å²) in [6.45, 7) is 0. The first-order chi connectivity index (χ1) is 10.2. The number of nitrogens with one attached hydrogen (secondary N) is 2. The van der Waals surface area contributed by atoms with Gasteiger partial charge in [0.15, 0.2) is 0 Å². The van der Waals surface area contributed by atoms with Crippen molar-refractivity contribution >= 4 is 23.2 Å². The molecule has 1 aliphatic rings. The summed E-state index contributed by atoms with van der Waals surface area (Å²) in [7, 11) is 0. The van der Waals surface area contributed by atoms with Crippen LogP contribution in [-0.2, 0) is 4.79 Å². The molecule has 1 aromatic heterocycles. The molecule has 2 aromatic rings. The minimum Gasteiger partial charge on any atom is -0.324 e. The van der Waals surface area contributed by atoms with Gasteiger partial charge in [-0.15, -0.1) is 0 Å². The zero-order valence-electron chi connectivity index (χ0n) is 11.4. The Morgan fingerprint density at radius 2 is 1.71 bits per heavy atom. The van der Waals surface area contributed by atoms with Gasteiger partial charge in [-0.1, -0.05) is 12.1 Å². The van der Waals surface area contributed by atoms with E-state index in [-0.39, 0.29) is 17.7 Å². The van der Waals surface area contributed by atoms with Crippen LogP contribution in [0.3, 0.4) is 0 Å². The van der Waals surface area contributed by atoms with E-state index in [1.807, 2.05) is 12.1 Å². The molecule has 0 saturated heterocycles. The van der Waals surface area contributed by atoms with E-state index in [4.69, 9.17) is 0 Å². The maximum atomic E-state index is 12.1. The second kappa shape index (κ2) is 5.75. The molecule has 0 spiro atoms. The molecule has 5 heteroatoms. The first-order valence-corrected chi connectivity index (χ1v) is 6.85. The van der Waals surface area contributed by atoms with Crippen LogP contribution in [0.5, 0.6) is 0 Å². The summed E-state index contributed by atoms with van der Waals surface area (Å²) in [6.07, 6.45) is 4.99. The lowest BCUT2D eigenvalue weighted by Gasteiger charge is -2.12. The van der Waals surface area contributed by atoms with E-state index in [1.54, 1.807) is 30.5 Å². The lowest BCUT2D eigenvalue weighted by Crippen LogP contribution is -2.17. The number of carbonyl (C=O) groups is 2. The zero-order chi connectivity index (χ0) is 14.7. The van der Waals surface area contributed by atoms with Crippen molar-refractivity contribution in [2.24, 2.45) is 5.92 Å². The number of hydrogen-bond donors (Lipinski definition) is 2. The summed E-state index contributed by atoms with van der Waals surface area (Å²) in [5.41, 5.74) is 1.67. The molecule has 0 aliphatic heterocycles. The van der Waals surface area contributed by atoms with Crippen LogP contribution in [-0.4, -0.2) is 16.8 Å². The molecule has 21 heavy (non-hydrogen) atoms. The molecule has 2 N–H and O–H groups in total. The predicted octanol–water partition coefficient (Wildman–Crippen LogP) is 2.68. The summed E-state index contributed by atoms with van der Waals surface area (Å²) in [4.78, 5) is 27.9. The van der Waals surface area contributed by atoms with Crippen LogP contribution < -0.4 is 10.6 Å². The molecule has 1 aliphatic carbocycles. The van der Waals surface area contributed by atoms with Gasteiger partial charge in [0, 0.05) is 18.3 Å². The second-order valence-electron chi connectivity index (χ2n) is 5.00. The summed E-state index contributed by atoms with van der Waals surface area (Å²) >= 11 is 0. The normalized spacial score (nSPS) is 13.5. The number of carbonyl (C=O) groups excluding carboxylic acids is 2. The molecule has 3 rings (SSSR count). The molecule has 0 atom stereocenters. The van der Waals surface area contributed by atoms with Crippen molar-refractivity contribution in [1.29, 1.82) is 0 Å².